The highest BCUT2D eigenvalue weighted by Crippen LogP contribution is 2.16. The van der Waals surface area contributed by atoms with E-state index in [1.165, 1.54) is 6.92 Å². The molecule has 0 spiro atoms. The van der Waals surface area contributed by atoms with Crippen LogP contribution in [-0.4, -0.2) is 24.3 Å². The van der Waals surface area contributed by atoms with Crippen LogP contribution in [0.25, 0.3) is 0 Å². The number of ketones is 1. The Hall–Kier alpha value is -1.55. The zero-order chi connectivity index (χ0) is 12.8. The van der Waals surface area contributed by atoms with E-state index in [2.05, 4.69) is 5.32 Å². The summed E-state index contributed by atoms with van der Waals surface area (Å²) in [7, 11) is 0. The number of amides is 1. The maximum atomic E-state index is 11.4. The number of hydrogen-bond donors (Lipinski definition) is 1. The van der Waals surface area contributed by atoms with E-state index >= 15 is 0 Å². The van der Waals surface area contributed by atoms with Gasteiger partial charge in [0.15, 0.2) is 12.4 Å². The van der Waals surface area contributed by atoms with Gasteiger partial charge in [0.05, 0.1) is 6.04 Å². The van der Waals surface area contributed by atoms with Crippen molar-refractivity contribution in [1.29, 1.82) is 0 Å². The number of halogens is 1. The Kier molecular flexibility index (Phi) is 4.97. The Labute approximate surface area is 105 Å². The highest BCUT2D eigenvalue weighted by atomic mass is 35.5. The van der Waals surface area contributed by atoms with Gasteiger partial charge in [0, 0.05) is 5.02 Å². The predicted molar refractivity (Wildman–Crippen MR) is 65.2 cm³/mol. The lowest BCUT2D eigenvalue weighted by Gasteiger charge is -2.11. The van der Waals surface area contributed by atoms with Gasteiger partial charge >= 0.3 is 0 Å². The standard InChI is InChI=1S/C12H14ClNO3/c1-8(9(2)15)14-12(16)7-17-11-5-3-4-10(13)6-11/h3-6,8H,7H2,1-2H3,(H,14,16). The van der Waals surface area contributed by atoms with E-state index < -0.39 is 6.04 Å². The summed E-state index contributed by atoms with van der Waals surface area (Å²) in [5, 5.41) is 3.06. The molecule has 0 saturated carbocycles. The molecule has 0 aliphatic heterocycles. The molecule has 0 saturated heterocycles. The molecule has 92 valence electrons. The van der Waals surface area contributed by atoms with E-state index in [0.29, 0.717) is 10.8 Å². The first kappa shape index (κ1) is 13.5. The number of ether oxygens (including phenoxy) is 1. The number of benzene rings is 1. The number of nitrogens with one attached hydrogen (secondary N) is 1. The normalized spacial score (nSPS) is 11.7. The smallest absolute Gasteiger partial charge is 0.258 e. The molecule has 1 unspecified atom stereocenters. The van der Waals surface area contributed by atoms with Crippen LogP contribution in [0.15, 0.2) is 24.3 Å². The third-order valence-electron chi connectivity index (χ3n) is 2.15. The van der Waals surface area contributed by atoms with Gasteiger partial charge in [-0.3, -0.25) is 9.59 Å². The highest BCUT2D eigenvalue weighted by molar-refractivity contribution is 6.30. The monoisotopic (exact) mass is 255 g/mol. The molecule has 1 amide bonds. The summed E-state index contributed by atoms with van der Waals surface area (Å²) in [6, 6.07) is 6.27. The van der Waals surface area contributed by atoms with Crippen LogP contribution in [-0.2, 0) is 9.59 Å². The molecule has 1 aromatic rings. The van der Waals surface area contributed by atoms with E-state index in [-0.39, 0.29) is 18.3 Å². The Bertz CT molecular complexity index is 420. The number of carbonyl (C=O) groups is 2. The third kappa shape index (κ3) is 4.87. The molecule has 0 radical (unpaired) electrons. The average Bonchev–Trinajstić information content (AvgIpc) is 2.26. The lowest BCUT2D eigenvalue weighted by molar-refractivity contribution is -0.127. The van der Waals surface area contributed by atoms with Crippen LogP contribution >= 0.6 is 11.6 Å². The molecule has 1 N–H and O–H groups in total. The molecule has 0 fully saturated rings. The second kappa shape index (κ2) is 6.25. The largest absolute Gasteiger partial charge is 0.484 e. The second-order valence-electron chi connectivity index (χ2n) is 3.65. The van der Waals surface area contributed by atoms with E-state index in [0.717, 1.165) is 0 Å². The van der Waals surface area contributed by atoms with Crippen molar-refractivity contribution in [2.24, 2.45) is 0 Å². The van der Waals surface area contributed by atoms with Crippen molar-refractivity contribution >= 4 is 23.3 Å². The van der Waals surface area contributed by atoms with Crippen LogP contribution in [0.1, 0.15) is 13.8 Å². The third-order valence-corrected chi connectivity index (χ3v) is 2.39. The lowest BCUT2D eigenvalue weighted by Crippen LogP contribution is -2.39. The number of Topliss-reactive ketones (excluding diaryl/α,β-unsaturated/α-hetero) is 1. The SMILES string of the molecule is CC(=O)C(C)NC(=O)COc1cccc(Cl)c1. The molecule has 1 atom stereocenters. The van der Waals surface area contributed by atoms with Crippen molar-refractivity contribution < 1.29 is 14.3 Å². The minimum absolute atomic E-state index is 0.0962. The number of carbonyl (C=O) groups excluding carboxylic acids is 2. The Morgan fingerprint density at radius 2 is 2.18 bits per heavy atom. The van der Waals surface area contributed by atoms with Crippen molar-refractivity contribution in [3.05, 3.63) is 29.3 Å². The van der Waals surface area contributed by atoms with Gasteiger partial charge in [0.1, 0.15) is 5.75 Å². The minimum Gasteiger partial charge on any atom is -0.484 e. The van der Waals surface area contributed by atoms with Gasteiger partial charge < -0.3 is 10.1 Å². The number of rotatable bonds is 5. The molecule has 4 nitrogen and oxygen atoms in total. The van der Waals surface area contributed by atoms with Crippen LogP contribution in [0.3, 0.4) is 0 Å². The first-order valence-corrected chi connectivity index (χ1v) is 5.55. The van der Waals surface area contributed by atoms with Crippen molar-refractivity contribution in [3.63, 3.8) is 0 Å². The zero-order valence-electron chi connectivity index (χ0n) is 9.70. The van der Waals surface area contributed by atoms with Gasteiger partial charge in [-0.15, -0.1) is 0 Å². The van der Waals surface area contributed by atoms with Gasteiger partial charge in [-0.1, -0.05) is 17.7 Å². The van der Waals surface area contributed by atoms with Crippen molar-refractivity contribution in [2.45, 2.75) is 19.9 Å². The maximum Gasteiger partial charge on any atom is 0.258 e. The fraction of sp³-hybridized carbons (Fsp3) is 0.333. The maximum absolute atomic E-state index is 11.4. The fourth-order valence-electron chi connectivity index (χ4n) is 1.09. The molecule has 0 bridgehead atoms. The number of hydrogen-bond acceptors (Lipinski definition) is 3. The molecule has 0 aromatic heterocycles. The predicted octanol–water partition coefficient (Wildman–Crippen LogP) is 1.81. The molecule has 5 heteroatoms. The van der Waals surface area contributed by atoms with Crippen LogP contribution in [0.4, 0.5) is 0 Å². The van der Waals surface area contributed by atoms with Gasteiger partial charge in [-0.25, -0.2) is 0 Å². The summed E-state index contributed by atoms with van der Waals surface area (Å²) in [6.45, 7) is 2.90. The summed E-state index contributed by atoms with van der Waals surface area (Å²) >= 11 is 5.76. The molecular formula is C12H14ClNO3. The molecule has 0 aliphatic rings. The van der Waals surface area contributed by atoms with Crippen LogP contribution < -0.4 is 10.1 Å². The molecule has 0 aliphatic carbocycles. The Balaban J connectivity index is 2.41. The van der Waals surface area contributed by atoms with Crippen molar-refractivity contribution in [3.8, 4) is 5.75 Å². The van der Waals surface area contributed by atoms with Gasteiger partial charge in [-0.2, -0.15) is 0 Å². The second-order valence-corrected chi connectivity index (χ2v) is 4.08. The van der Waals surface area contributed by atoms with Gasteiger partial charge in [0.25, 0.3) is 5.91 Å². The van der Waals surface area contributed by atoms with E-state index in [4.69, 9.17) is 16.3 Å². The molecular weight excluding hydrogens is 242 g/mol. The van der Waals surface area contributed by atoms with E-state index in [9.17, 15) is 9.59 Å². The molecule has 17 heavy (non-hydrogen) atoms. The summed E-state index contributed by atoms with van der Waals surface area (Å²) in [5.74, 6) is 0.0805. The minimum atomic E-state index is -0.495. The lowest BCUT2D eigenvalue weighted by atomic mass is 10.2. The van der Waals surface area contributed by atoms with Crippen molar-refractivity contribution in [2.75, 3.05) is 6.61 Å². The Morgan fingerprint density at radius 3 is 2.76 bits per heavy atom. The van der Waals surface area contributed by atoms with Gasteiger partial charge in [0.2, 0.25) is 0 Å². The molecule has 1 rings (SSSR count). The van der Waals surface area contributed by atoms with Gasteiger partial charge in [-0.05, 0) is 32.0 Å². The Morgan fingerprint density at radius 1 is 1.47 bits per heavy atom. The van der Waals surface area contributed by atoms with E-state index in [1.807, 2.05) is 0 Å². The van der Waals surface area contributed by atoms with Crippen molar-refractivity contribution in [1.82, 2.24) is 5.32 Å². The molecule has 0 heterocycles. The molecule has 1 aromatic carbocycles. The summed E-state index contributed by atoms with van der Waals surface area (Å²) in [4.78, 5) is 22.3. The quantitative estimate of drug-likeness (QED) is 0.873. The van der Waals surface area contributed by atoms with E-state index in [1.54, 1.807) is 31.2 Å². The van der Waals surface area contributed by atoms with Crippen LogP contribution in [0.2, 0.25) is 5.02 Å². The zero-order valence-corrected chi connectivity index (χ0v) is 10.5. The summed E-state index contributed by atoms with van der Waals surface area (Å²) in [6.07, 6.45) is 0. The fourth-order valence-corrected chi connectivity index (χ4v) is 1.27. The highest BCUT2D eigenvalue weighted by Gasteiger charge is 2.11. The topological polar surface area (TPSA) is 55.4 Å². The summed E-state index contributed by atoms with van der Waals surface area (Å²) < 4.78 is 5.22. The first-order chi connectivity index (χ1) is 7.99. The van der Waals surface area contributed by atoms with Crippen LogP contribution in [0, 0.1) is 0 Å². The van der Waals surface area contributed by atoms with Crippen LogP contribution in [0.5, 0.6) is 5.75 Å². The average molecular weight is 256 g/mol. The first-order valence-electron chi connectivity index (χ1n) is 5.17. The summed E-state index contributed by atoms with van der Waals surface area (Å²) in [5.41, 5.74) is 0.